The van der Waals surface area contributed by atoms with Gasteiger partial charge in [0, 0.05) is 6.42 Å². The maximum atomic E-state index is 12.6. The third-order valence-corrected chi connectivity index (χ3v) is 6.07. The van der Waals surface area contributed by atoms with E-state index in [-0.39, 0.29) is 6.42 Å². The molecular weight excluding hydrogens is 280 g/mol. The molecule has 2 heterocycles. The van der Waals surface area contributed by atoms with Crippen molar-refractivity contribution in [3.63, 3.8) is 0 Å². The van der Waals surface area contributed by atoms with Crippen LogP contribution in [-0.4, -0.2) is 38.5 Å². The average molecular weight is 296 g/mol. The fourth-order valence-corrected chi connectivity index (χ4v) is 4.49. The molecule has 2 bridgehead atoms. The molecular formula is C14H16O5S. The molecule has 2 saturated heterocycles. The Bertz CT molecular complexity index is 607. The molecule has 6 heteroatoms. The molecule has 108 valence electrons. The number of hydrogen-bond donors (Lipinski definition) is 0. The van der Waals surface area contributed by atoms with Gasteiger partial charge in [0.2, 0.25) is 0 Å². The van der Waals surface area contributed by atoms with Crippen LogP contribution in [0.25, 0.3) is 0 Å². The second-order valence-corrected chi connectivity index (χ2v) is 7.52. The monoisotopic (exact) mass is 296 g/mol. The lowest BCUT2D eigenvalue weighted by Crippen LogP contribution is -2.36. The van der Waals surface area contributed by atoms with E-state index in [9.17, 15) is 13.2 Å². The molecule has 1 aromatic rings. The van der Waals surface area contributed by atoms with Gasteiger partial charge >= 0.3 is 0 Å². The second-order valence-electron chi connectivity index (χ2n) is 5.29. The van der Waals surface area contributed by atoms with Gasteiger partial charge in [-0.3, -0.25) is 0 Å². The van der Waals surface area contributed by atoms with Gasteiger partial charge in [-0.2, -0.15) is 0 Å². The Morgan fingerprint density at radius 3 is 2.50 bits per heavy atom. The van der Waals surface area contributed by atoms with Gasteiger partial charge in [0.1, 0.15) is 6.10 Å². The summed E-state index contributed by atoms with van der Waals surface area (Å²) in [5, 5.41) is -0.557. The molecule has 2 fully saturated rings. The summed E-state index contributed by atoms with van der Waals surface area (Å²) in [5.74, 6) is 0. The van der Waals surface area contributed by atoms with E-state index in [0.717, 1.165) is 5.56 Å². The first-order valence-electron chi connectivity index (χ1n) is 6.57. The first kappa shape index (κ1) is 13.7. The van der Waals surface area contributed by atoms with Crippen molar-refractivity contribution in [3.05, 3.63) is 29.8 Å². The number of hydrogen-bond acceptors (Lipinski definition) is 5. The van der Waals surface area contributed by atoms with Gasteiger partial charge in [-0.05, 0) is 25.5 Å². The number of benzene rings is 1. The summed E-state index contributed by atoms with van der Waals surface area (Å²) in [7, 11) is -3.41. The van der Waals surface area contributed by atoms with Gasteiger partial charge in [0.15, 0.2) is 22.4 Å². The van der Waals surface area contributed by atoms with Crippen molar-refractivity contribution in [3.8, 4) is 0 Å². The predicted octanol–water partition coefficient (Wildman–Crippen LogP) is 1.24. The Labute approximate surface area is 117 Å². The molecule has 20 heavy (non-hydrogen) atoms. The molecule has 0 aromatic heterocycles. The molecule has 4 atom stereocenters. The van der Waals surface area contributed by atoms with Crippen LogP contribution in [0.5, 0.6) is 0 Å². The molecule has 0 amide bonds. The van der Waals surface area contributed by atoms with Crippen LogP contribution < -0.4 is 0 Å². The second kappa shape index (κ2) is 4.95. The minimum absolute atomic E-state index is 0.275. The first-order valence-corrected chi connectivity index (χ1v) is 8.12. The zero-order chi connectivity index (χ0) is 14.3. The van der Waals surface area contributed by atoms with Crippen LogP contribution in [0.3, 0.4) is 0 Å². The number of aldehydes is 1. The SMILES string of the molecule is Cc1ccc(S(=O)(=O)[C@H]2C[C@@H]3O[C@@H](C=O)[C@H](C2)O3)cc1. The quantitative estimate of drug-likeness (QED) is 0.785. The van der Waals surface area contributed by atoms with Crippen LogP contribution in [0.15, 0.2) is 29.2 Å². The van der Waals surface area contributed by atoms with Crippen LogP contribution in [0.1, 0.15) is 18.4 Å². The Kier molecular flexibility index (Phi) is 3.40. The number of fused-ring (bicyclic) bond motifs is 2. The zero-order valence-electron chi connectivity index (χ0n) is 11.1. The van der Waals surface area contributed by atoms with Crippen molar-refractivity contribution in [1.82, 2.24) is 0 Å². The van der Waals surface area contributed by atoms with E-state index < -0.39 is 33.6 Å². The Morgan fingerprint density at radius 2 is 1.85 bits per heavy atom. The number of carbonyl (C=O) groups excluding carboxylic acids is 1. The van der Waals surface area contributed by atoms with E-state index in [1.807, 2.05) is 6.92 Å². The summed E-state index contributed by atoms with van der Waals surface area (Å²) in [4.78, 5) is 11.2. The standard InChI is InChI=1S/C14H16O5S/c1-9-2-4-10(5-3-9)20(16,17)11-6-12-13(8-15)19-14(7-11)18-12/h2-5,8,11-14H,6-7H2,1H3/t11-,12+,13+,14+/m1/s1. The van der Waals surface area contributed by atoms with Crippen LogP contribution in [0.2, 0.25) is 0 Å². The summed E-state index contributed by atoms with van der Waals surface area (Å²) in [6.45, 7) is 1.91. The molecule has 2 aliphatic heterocycles. The highest BCUT2D eigenvalue weighted by molar-refractivity contribution is 7.92. The first-order chi connectivity index (χ1) is 9.50. The maximum absolute atomic E-state index is 12.6. The van der Waals surface area contributed by atoms with Crippen molar-refractivity contribution in [2.75, 3.05) is 0 Å². The lowest BCUT2D eigenvalue weighted by molar-refractivity contribution is -0.119. The van der Waals surface area contributed by atoms with Gasteiger partial charge in [-0.1, -0.05) is 17.7 Å². The number of aryl methyl sites for hydroxylation is 1. The van der Waals surface area contributed by atoms with Crippen molar-refractivity contribution in [2.24, 2.45) is 0 Å². The van der Waals surface area contributed by atoms with Crippen LogP contribution >= 0.6 is 0 Å². The van der Waals surface area contributed by atoms with Crippen molar-refractivity contribution in [2.45, 2.75) is 48.4 Å². The average Bonchev–Trinajstić information content (AvgIpc) is 2.73. The Balaban J connectivity index is 1.86. The van der Waals surface area contributed by atoms with Crippen molar-refractivity contribution in [1.29, 1.82) is 0 Å². The summed E-state index contributed by atoms with van der Waals surface area (Å²) in [6, 6.07) is 6.82. The summed E-state index contributed by atoms with van der Waals surface area (Å²) >= 11 is 0. The fraction of sp³-hybridized carbons (Fsp3) is 0.500. The summed E-state index contributed by atoms with van der Waals surface area (Å²) < 4.78 is 36.0. The molecule has 0 spiro atoms. The molecule has 0 aliphatic carbocycles. The Morgan fingerprint density at radius 1 is 1.15 bits per heavy atom. The van der Waals surface area contributed by atoms with Gasteiger partial charge in [-0.15, -0.1) is 0 Å². The highest BCUT2D eigenvalue weighted by atomic mass is 32.2. The number of carbonyl (C=O) groups is 1. The van der Waals surface area contributed by atoms with Gasteiger partial charge in [0.25, 0.3) is 0 Å². The minimum Gasteiger partial charge on any atom is -0.346 e. The Hall–Kier alpha value is -1.24. The lowest BCUT2D eigenvalue weighted by Gasteiger charge is -2.26. The van der Waals surface area contributed by atoms with Crippen LogP contribution in [-0.2, 0) is 24.1 Å². The molecule has 0 N–H and O–H groups in total. The van der Waals surface area contributed by atoms with E-state index in [2.05, 4.69) is 0 Å². The van der Waals surface area contributed by atoms with Gasteiger partial charge < -0.3 is 14.3 Å². The number of sulfone groups is 1. The van der Waals surface area contributed by atoms with Crippen molar-refractivity contribution < 1.29 is 22.7 Å². The van der Waals surface area contributed by atoms with E-state index in [0.29, 0.717) is 17.6 Å². The molecule has 0 unspecified atom stereocenters. The van der Waals surface area contributed by atoms with E-state index >= 15 is 0 Å². The molecule has 1 aromatic carbocycles. The van der Waals surface area contributed by atoms with Crippen molar-refractivity contribution >= 4 is 16.1 Å². The predicted molar refractivity (Wildman–Crippen MR) is 71.0 cm³/mol. The minimum atomic E-state index is -3.41. The van der Waals surface area contributed by atoms with E-state index in [4.69, 9.17) is 9.47 Å². The summed E-state index contributed by atoms with van der Waals surface area (Å²) in [6.07, 6.45) is -0.414. The van der Waals surface area contributed by atoms with Gasteiger partial charge in [0.05, 0.1) is 16.2 Å². The fourth-order valence-electron chi connectivity index (χ4n) is 2.73. The zero-order valence-corrected chi connectivity index (χ0v) is 11.9. The van der Waals surface area contributed by atoms with Crippen LogP contribution in [0, 0.1) is 6.92 Å². The molecule has 0 radical (unpaired) electrons. The van der Waals surface area contributed by atoms with E-state index in [1.54, 1.807) is 24.3 Å². The molecule has 0 saturated carbocycles. The highest BCUT2D eigenvalue weighted by Gasteiger charge is 2.47. The molecule has 3 rings (SSSR count). The molecule has 2 aliphatic rings. The maximum Gasteiger partial charge on any atom is 0.181 e. The topological polar surface area (TPSA) is 69.7 Å². The smallest absolute Gasteiger partial charge is 0.181 e. The highest BCUT2D eigenvalue weighted by Crippen LogP contribution is 2.36. The van der Waals surface area contributed by atoms with E-state index in [1.165, 1.54) is 0 Å². The van der Waals surface area contributed by atoms with Crippen LogP contribution in [0.4, 0.5) is 0 Å². The third-order valence-electron chi connectivity index (χ3n) is 3.87. The largest absolute Gasteiger partial charge is 0.346 e. The lowest BCUT2D eigenvalue weighted by atomic mass is 10.1. The van der Waals surface area contributed by atoms with Gasteiger partial charge in [-0.25, -0.2) is 8.42 Å². The summed E-state index contributed by atoms with van der Waals surface area (Å²) in [5.41, 5.74) is 1.01. The third kappa shape index (κ3) is 2.28. The number of rotatable bonds is 3. The number of ether oxygens (including phenoxy) is 2. The molecule has 5 nitrogen and oxygen atoms in total. The normalized spacial score (nSPS) is 33.0.